The van der Waals surface area contributed by atoms with Crippen molar-refractivity contribution in [3.8, 4) is 0 Å². The zero-order chi connectivity index (χ0) is 11.5. The van der Waals surface area contributed by atoms with E-state index in [1.54, 1.807) is 0 Å². The van der Waals surface area contributed by atoms with Gasteiger partial charge < -0.3 is 15.9 Å². The van der Waals surface area contributed by atoms with Crippen LogP contribution in [-0.4, -0.2) is 28.5 Å². The van der Waals surface area contributed by atoms with Crippen LogP contribution in [0.1, 0.15) is 51.4 Å². The van der Waals surface area contributed by atoms with Crippen molar-refractivity contribution in [1.82, 2.24) is 0 Å². The molecule has 0 amide bonds. The first-order valence-corrected chi connectivity index (χ1v) is 6.80. The number of hydrogen-bond acceptors (Lipinski definition) is 3. The summed E-state index contributed by atoms with van der Waals surface area (Å²) in [6.07, 6.45) is 7.72. The summed E-state index contributed by atoms with van der Waals surface area (Å²) in [6, 6.07) is 0.319. The molecule has 0 spiro atoms. The van der Waals surface area contributed by atoms with E-state index in [0.29, 0.717) is 17.9 Å². The van der Waals surface area contributed by atoms with E-state index in [2.05, 4.69) is 0 Å². The molecule has 1 unspecified atom stereocenters. The van der Waals surface area contributed by atoms with Gasteiger partial charge in [-0.2, -0.15) is 0 Å². The van der Waals surface area contributed by atoms with Crippen LogP contribution in [0.25, 0.3) is 0 Å². The van der Waals surface area contributed by atoms with E-state index in [0.717, 1.165) is 32.1 Å². The first-order chi connectivity index (χ1) is 7.68. The SMILES string of the molecule is N[C@H]1CCCCC1CC[C@@H](O)[C@@H](O)C1CC1. The molecule has 0 aromatic heterocycles. The fraction of sp³-hybridized carbons (Fsp3) is 1.00. The quantitative estimate of drug-likeness (QED) is 0.665. The largest absolute Gasteiger partial charge is 0.390 e. The maximum Gasteiger partial charge on any atom is 0.0827 e. The van der Waals surface area contributed by atoms with Crippen molar-refractivity contribution in [2.45, 2.75) is 69.6 Å². The Bertz CT molecular complexity index is 218. The Morgan fingerprint density at radius 3 is 2.38 bits per heavy atom. The second-order valence-corrected chi connectivity index (χ2v) is 5.68. The molecular formula is C13H25NO2. The Balaban J connectivity index is 1.68. The summed E-state index contributed by atoms with van der Waals surface area (Å²) in [5.41, 5.74) is 6.07. The fourth-order valence-electron chi connectivity index (χ4n) is 2.90. The summed E-state index contributed by atoms with van der Waals surface area (Å²) in [5, 5.41) is 19.6. The first-order valence-electron chi connectivity index (χ1n) is 6.80. The van der Waals surface area contributed by atoms with Crippen molar-refractivity contribution in [1.29, 1.82) is 0 Å². The molecule has 0 aliphatic heterocycles. The summed E-state index contributed by atoms with van der Waals surface area (Å²) in [5.74, 6) is 0.935. The minimum atomic E-state index is -0.526. The minimum Gasteiger partial charge on any atom is -0.390 e. The van der Waals surface area contributed by atoms with Crippen molar-refractivity contribution in [2.75, 3.05) is 0 Å². The third-order valence-electron chi connectivity index (χ3n) is 4.30. The number of aliphatic hydroxyl groups is 2. The van der Waals surface area contributed by atoms with Crippen molar-refractivity contribution < 1.29 is 10.2 Å². The molecule has 2 aliphatic rings. The highest BCUT2D eigenvalue weighted by molar-refractivity contribution is 4.86. The molecule has 0 radical (unpaired) electrons. The molecule has 3 nitrogen and oxygen atoms in total. The van der Waals surface area contributed by atoms with Crippen LogP contribution in [0.15, 0.2) is 0 Å². The van der Waals surface area contributed by atoms with Gasteiger partial charge in [0, 0.05) is 6.04 Å². The molecule has 94 valence electrons. The summed E-state index contributed by atoms with van der Waals surface area (Å²) < 4.78 is 0. The highest BCUT2D eigenvalue weighted by Gasteiger charge is 2.34. The van der Waals surface area contributed by atoms with Crippen LogP contribution in [0.3, 0.4) is 0 Å². The lowest BCUT2D eigenvalue weighted by Gasteiger charge is -2.29. The summed E-state index contributed by atoms with van der Waals surface area (Å²) in [6.45, 7) is 0. The van der Waals surface area contributed by atoms with Gasteiger partial charge in [-0.1, -0.05) is 12.8 Å². The van der Waals surface area contributed by atoms with E-state index in [-0.39, 0.29) is 0 Å². The highest BCUT2D eigenvalue weighted by atomic mass is 16.3. The average molecular weight is 227 g/mol. The maximum atomic E-state index is 9.85. The molecule has 16 heavy (non-hydrogen) atoms. The lowest BCUT2D eigenvalue weighted by atomic mass is 9.81. The van der Waals surface area contributed by atoms with Gasteiger partial charge in [-0.3, -0.25) is 0 Å². The van der Waals surface area contributed by atoms with Crippen LogP contribution in [0.5, 0.6) is 0 Å². The number of aliphatic hydroxyl groups excluding tert-OH is 2. The second kappa shape index (κ2) is 5.48. The van der Waals surface area contributed by atoms with Crippen molar-refractivity contribution in [3.05, 3.63) is 0 Å². The lowest BCUT2D eigenvalue weighted by molar-refractivity contribution is -0.00292. The summed E-state index contributed by atoms with van der Waals surface area (Å²) in [4.78, 5) is 0. The predicted octanol–water partition coefficient (Wildman–Crippen LogP) is 1.42. The first kappa shape index (κ1) is 12.3. The van der Waals surface area contributed by atoms with Crippen LogP contribution in [0.2, 0.25) is 0 Å². The Morgan fingerprint density at radius 2 is 1.75 bits per heavy atom. The third kappa shape index (κ3) is 3.19. The molecule has 2 rings (SSSR count). The van der Waals surface area contributed by atoms with Gasteiger partial charge >= 0.3 is 0 Å². The van der Waals surface area contributed by atoms with Gasteiger partial charge in [0.2, 0.25) is 0 Å². The van der Waals surface area contributed by atoms with Gasteiger partial charge in [-0.05, 0) is 50.4 Å². The summed E-state index contributed by atoms with van der Waals surface area (Å²) in [7, 11) is 0. The fourth-order valence-corrected chi connectivity index (χ4v) is 2.90. The lowest BCUT2D eigenvalue weighted by Crippen LogP contribution is -2.35. The van der Waals surface area contributed by atoms with Crippen LogP contribution in [0.4, 0.5) is 0 Å². The smallest absolute Gasteiger partial charge is 0.0827 e. The van der Waals surface area contributed by atoms with Crippen molar-refractivity contribution >= 4 is 0 Å². The Hall–Kier alpha value is -0.120. The number of nitrogens with two attached hydrogens (primary N) is 1. The molecule has 3 heteroatoms. The molecule has 2 fully saturated rings. The maximum absolute atomic E-state index is 9.85. The molecular weight excluding hydrogens is 202 g/mol. The number of rotatable bonds is 5. The van der Waals surface area contributed by atoms with Gasteiger partial charge in [0.15, 0.2) is 0 Å². The molecule has 0 aromatic carbocycles. The third-order valence-corrected chi connectivity index (χ3v) is 4.30. The Kier molecular flexibility index (Phi) is 4.22. The standard InChI is InChI=1S/C13H25NO2/c14-11-4-2-1-3-9(11)7-8-12(15)13(16)10-5-6-10/h9-13,15-16H,1-8,14H2/t9?,11-,12+,13-/m0/s1. The molecule has 0 saturated heterocycles. The van der Waals surface area contributed by atoms with E-state index >= 15 is 0 Å². The normalized spacial score (nSPS) is 34.7. The minimum absolute atomic E-state index is 0.319. The predicted molar refractivity (Wildman–Crippen MR) is 63.9 cm³/mol. The summed E-state index contributed by atoms with van der Waals surface area (Å²) >= 11 is 0. The molecule has 2 saturated carbocycles. The van der Waals surface area contributed by atoms with Gasteiger partial charge in [-0.15, -0.1) is 0 Å². The van der Waals surface area contributed by atoms with Crippen LogP contribution in [-0.2, 0) is 0 Å². The zero-order valence-electron chi connectivity index (χ0n) is 10.0. The molecule has 0 bridgehead atoms. The van der Waals surface area contributed by atoms with E-state index < -0.39 is 12.2 Å². The van der Waals surface area contributed by atoms with Crippen molar-refractivity contribution in [3.63, 3.8) is 0 Å². The van der Waals surface area contributed by atoms with Crippen molar-refractivity contribution in [2.24, 2.45) is 17.6 Å². The molecule has 2 aliphatic carbocycles. The average Bonchev–Trinajstić information content (AvgIpc) is 3.10. The van der Waals surface area contributed by atoms with E-state index in [4.69, 9.17) is 5.73 Å². The van der Waals surface area contributed by atoms with Crippen LogP contribution in [0, 0.1) is 11.8 Å². The Labute approximate surface area is 98.0 Å². The Morgan fingerprint density at radius 1 is 1.06 bits per heavy atom. The van der Waals surface area contributed by atoms with E-state index in [9.17, 15) is 10.2 Å². The van der Waals surface area contributed by atoms with Crippen LogP contribution < -0.4 is 5.73 Å². The van der Waals surface area contributed by atoms with Gasteiger partial charge in [0.05, 0.1) is 12.2 Å². The van der Waals surface area contributed by atoms with Gasteiger partial charge in [-0.25, -0.2) is 0 Å². The molecule has 0 heterocycles. The van der Waals surface area contributed by atoms with Crippen LogP contribution >= 0.6 is 0 Å². The second-order valence-electron chi connectivity index (χ2n) is 5.68. The highest BCUT2D eigenvalue weighted by Crippen LogP contribution is 2.35. The van der Waals surface area contributed by atoms with Gasteiger partial charge in [0.1, 0.15) is 0 Å². The topological polar surface area (TPSA) is 66.5 Å². The zero-order valence-corrected chi connectivity index (χ0v) is 10.0. The monoisotopic (exact) mass is 227 g/mol. The molecule has 0 aromatic rings. The molecule has 4 atom stereocenters. The molecule has 4 N–H and O–H groups in total. The van der Waals surface area contributed by atoms with E-state index in [1.807, 2.05) is 0 Å². The van der Waals surface area contributed by atoms with Gasteiger partial charge in [0.25, 0.3) is 0 Å². The van der Waals surface area contributed by atoms with E-state index in [1.165, 1.54) is 19.3 Å². The number of hydrogen-bond donors (Lipinski definition) is 3.